The summed E-state index contributed by atoms with van der Waals surface area (Å²) in [6, 6.07) is 7.49. The van der Waals surface area contributed by atoms with Crippen LogP contribution in [0.4, 0.5) is 5.69 Å². The number of halogens is 1. The fourth-order valence-electron chi connectivity index (χ4n) is 3.15. The van der Waals surface area contributed by atoms with Crippen molar-refractivity contribution in [2.45, 2.75) is 25.4 Å². The van der Waals surface area contributed by atoms with Gasteiger partial charge in [-0.1, -0.05) is 11.6 Å². The number of rotatable bonds is 4. The largest absolute Gasteiger partial charge is 0.377 e. The zero-order valence-corrected chi connectivity index (χ0v) is 14.1. The summed E-state index contributed by atoms with van der Waals surface area (Å²) < 4.78 is 6.48. The summed E-state index contributed by atoms with van der Waals surface area (Å²) in [5, 5.41) is 3.05. The molecule has 4 rings (SSSR count). The van der Waals surface area contributed by atoms with Crippen molar-refractivity contribution in [3.8, 4) is 10.6 Å². The minimum absolute atomic E-state index is 0.0382. The first-order valence-electron chi connectivity index (χ1n) is 7.85. The van der Waals surface area contributed by atoms with Crippen LogP contribution in [0, 0.1) is 11.8 Å². The van der Waals surface area contributed by atoms with Crippen LogP contribution in [-0.4, -0.2) is 23.6 Å². The van der Waals surface area contributed by atoms with Crippen LogP contribution in [0.2, 0.25) is 4.34 Å². The number of anilines is 1. The second-order valence-corrected chi connectivity index (χ2v) is 7.78. The molecule has 120 valence electrons. The van der Waals surface area contributed by atoms with E-state index < -0.39 is 0 Å². The second-order valence-electron chi connectivity index (χ2n) is 6.06. The van der Waals surface area contributed by atoms with Gasteiger partial charge >= 0.3 is 0 Å². The summed E-state index contributed by atoms with van der Waals surface area (Å²) in [6.07, 6.45) is 4.98. The molecule has 4 nitrogen and oxygen atoms in total. The monoisotopic (exact) mass is 348 g/mol. The number of hydrogen-bond donors (Lipinski definition) is 1. The van der Waals surface area contributed by atoms with Crippen molar-refractivity contribution in [1.82, 2.24) is 4.98 Å². The maximum absolute atomic E-state index is 12.7. The van der Waals surface area contributed by atoms with E-state index in [9.17, 15) is 4.79 Å². The van der Waals surface area contributed by atoms with Crippen LogP contribution in [0.25, 0.3) is 10.6 Å². The van der Waals surface area contributed by atoms with Gasteiger partial charge in [-0.15, -0.1) is 11.3 Å². The highest BCUT2D eigenvalue weighted by molar-refractivity contribution is 7.19. The molecule has 1 aliphatic heterocycles. The van der Waals surface area contributed by atoms with Gasteiger partial charge in [-0.3, -0.25) is 9.78 Å². The minimum Gasteiger partial charge on any atom is -0.377 e. The Bertz CT molecular complexity index is 729. The van der Waals surface area contributed by atoms with Crippen LogP contribution < -0.4 is 5.32 Å². The molecule has 6 heteroatoms. The molecule has 1 amide bonds. The summed E-state index contributed by atoms with van der Waals surface area (Å²) in [6.45, 7) is 0.680. The van der Waals surface area contributed by atoms with E-state index in [0.29, 0.717) is 16.9 Å². The normalized spacial score (nSPS) is 23.9. The fraction of sp³-hybridized carbons (Fsp3) is 0.412. The molecule has 23 heavy (non-hydrogen) atoms. The SMILES string of the molecule is O=C(Nc1cccnc1-c1ccc(Cl)s1)[C@@H]1CCO[C@H]1C1CC1. The minimum atomic E-state index is -0.0533. The molecule has 1 N–H and O–H groups in total. The smallest absolute Gasteiger partial charge is 0.230 e. The Balaban J connectivity index is 1.55. The van der Waals surface area contributed by atoms with Crippen molar-refractivity contribution in [2.24, 2.45) is 11.8 Å². The molecule has 3 heterocycles. The quantitative estimate of drug-likeness (QED) is 0.900. The van der Waals surface area contributed by atoms with Gasteiger partial charge in [0.1, 0.15) is 5.69 Å². The van der Waals surface area contributed by atoms with E-state index in [1.807, 2.05) is 24.3 Å². The predicted molar refractivity (Wildman–Crippen MR) is 91.8 cm³/mol. The number of thiophene rings is 1. The van der Waals surface area contributed by atoms with Gasteiger partial charge in [-0.25, -0.2) is 0 Å². The number of carbonyl (C=O) groups is 1. The molecule has 2 aromatic rings. The zero-order chi connectivity index (χ0) is 15.8. The van der Waals surface area contributed by atoms with Gasteiger partial charge in [0.2, 0.25) is 5.91 Å². The van der Waals surface area contributed by atoms with E-state index in [1.165, 1.54) is 24.2 Å². The lowest BCUT2D eigenvalue weighted by molar-refractivity contribution is -0.121. The number of aromatic nitrogens is 1. The lowest BCUT2D eigenvalue weighted by Gasteiger charge is -2.18. The molecule has 2 fully saturated rings. The van der Waals surface area contributed by atoms with Crippen LogP contribution in [0.1, 0.15) is 19.3 Å². The molecule has 0 aromatic carbocycles. The third-order valence-corrected chi connectivity index (χ3v) is 5.67. The number of pyridine rings is 1. The standard InChI is InChI=1S/C17H17ClN2O2S/c18-14-6-5-13(23-14)15-12(2-1-8-19-15)20-17(21)11-7-9-22-16(11)10-3-4-10/h1-2,5-6,8,10-11,16H,3-4,7,9H2,(H,20,21)/t11-,16+/m1/s1. The number of amides is 1. The summed E-state index contributed by atoms with van der Waals surface area (Å²) in [7, 11) is 0. The highest BCUT2D eigenvalue weighted by atomic mass is 35.5. The van der Waals surface area contributed by atoms with E-state index in [2.05, 4.69) is 10.3 Å². The molecule has 2 aliphatic rings. The van der Waals surface area contributed by atoms with Gasteiger partial charge < -0.3 is 10.1 Å². The first-order chi connectivity index (χ1) is 11.2. The third kappa shape index (κ3) is 3.13. The maximum Gasteiger partial charge on any atom is 0.230 e. The lowest BCUT2D eigenvalue weighted by Crippen LogP contribution is -2.31. The summed E-state index contributed by atoms with van der Waals surface area (Å²) in [4.78, 5) is 18.1. The predicted octanol–water partition coefficient (Wildman–Crippen LogP) is 4.22. The Kier molecular flexibility index (Phi) is 4.09. The first kappa shape index (κ1) is 15.1. The van der Waals surface area contributed by atoms with Crippen LogP contribution >= 0.6 is 22.9 Å². The highest BCUT2D eigenvalue weighted by Gasteiger charge is 2.43. The topological polar surface area (TPSA) is 51.2 Å². The molecule has 0 bridgehead atoms. The molecule has 2 atom stereocenters. The molecule has 1 saturated heterocycles. The highest BCUT2D eigenvalue weighted by Crippen LogP contribution is 2.42. The number of nitrogens with one attached hydrogen (secondary N) is 1. The number of nitrogens with zero attached hydrogens (tertiary/aromatic N) is 1. The third-order valence-electron chi connectivity index (χ3n) is 4.43. The Labute approximate surface area is 143 Å². The van der Waals surface area contributed by atoms with Crippen LogP contribution in [0.15, 0.2) is 30.5 Å². The number of hydrogen-bond acceptors (Lipinski definition) is 4. The van der Waals surface area contributed by atoms with E-state index >= 15 is 0 Å². The lowest BCUT2D eigenvalue weighted by atomic mass is 9.97. The van der Waals surface area contributed by atoms with Gasteiger partial charge in [-0.05, 0) is 49.4 Å². The molecule has 0 unspecified atom stereocenters. The van der Waals surface area contributed by atoms with Crippen LogP contribution in [-0.2, 0) is 9.53 Å². The number of carbonyl (C=O) groups excluding carboxylic acids is 1. The molecule has 1 saturated carbocycles. The Morgan fingerprint density at radius 3 is 2.91 bits per heavy atom. The van der Waals surface area contributed by atoms with Crippen molar-refractivity contribution < 1.29 is 9.53 Å². The first-order valence-corrected chi connectivity index (χ1v) is 9.05. The van der Waals surface area contributed by atoms with Gasteiger partial charge in [0.05, 0.1) is 26.9 Å². The second kappa shape index (κ2) is 6.23. The Morgan fingerprint density at radius 2 is 2.17 bits per heavy atom. The molecule has 2 aromatic heterocycles. The Morgan fingerprint density at radius 1 is 1.30 bits per heavy atom. The van der Waals surface area contributed by atoms with Gasteiger partial charge in [-0.2, -0.15) is 0 Å². The summed E-state index contributed by atoms with van der Waals surface area (Å²) in [5.41, 5.74) is 1.50. The van der Waals surface area contributed by atoms with Gasteiger partial charge in [0, 0.05) is 12.8 Å². The summed E-state index contributed by atoms with van der Waals surface area (Å²) in [5.74, 6) is 0.552. The van der Waals surface area contributed by atoms with Crippen molar-refractivity contribution in [2.75, 3.05) is 11.9 Å². The average molecular weight is 349 g/mol. The van der Waals surface area contributed by atoms with E-state index in [4.69, 9.17) is 16.3 Å². The fourth-order valence-corrected chi connectivity index (χ4v) is 4.20. The van der Waals surface area contributed by atoms with Gasteiger partial charge in [0.25, 0.3) is 0 Å². The Hall–Kier alpha value is -1.43. The van der Waals surface area contributed by atoms with Gasteiger partial charge in [0.15, 0.2) is 0 Å². The van der Waals surface area contributed by atoms with E-state index in [0.717, 1.165) is 22.7 Å². The van der Waals surface area contributed by atoms with Crippen molar-refractivity contribution in [1.29, 1.82) is 0 Å². The van der Waals surface area contributed by atoms with Crippen molar-refractivity contribution in [3.05, 3.63) is 34.8 Å². The molecule has 1 aliphatic carbocycles. The molecular formula is C17H17ClN2O2S. The molecular weight excluding hydrogens is 332 g/mol. The molecule has 0 spiro atoms. The van der Waals surface area contributed by atoms with E-state index in [-0.39, 0.29) is 17.9 Å². The maximum atomic E-state index is 12.7. The average Bonchev–Trinajstić information content (AvgIpc) is 3.11. The zero-order valence-electron chi connectivity index (χ0n) is 12.5. The van der Waals surface area contributed by atoms with Crippen LogP contribution in [0.3, 0.4) is 0 Å². The molecule has 0 radical (unpaired) electrons. The van der Waals surface area contributed by atoms with Crippen molar-refractivity contribution in [3.63, 3.8) is 0 Å². The number of ether oxygens (including phenoxy) is 1. The van der Waals surface area contributed by atoms with Crippen LogP contribution in [0.5, 0.6) is 0 Å². The van der Waals surface area contributed by atoms with E-state index in [1.54, 1.807) is 6.20 Å². The van der Waals surface area contributed by atoms with Crippen molar-refractivity contribution >= 4 is 34.5 Å². The summed E-state index contributed by atoms with van der Waals surface area (Å²) >= 11 is 7.48.